The van der Waals surface area contributed by atoms with Gasteiger partial charge in [-0.05, 0) is 6.07 Å². The van der Waals surface area contributed by atoms with Crippen molar-refractivity contribution < 1.29 is 0 Å². The first-order valence-corrected chi connectivity index (χ1v) is 3.89. The Morgan fingerprint density at radius 2 is 2.60 bits per heavy atom. The van der Waals surface area contributed by atoms with Gasteiger partial charge in [0.05, 0.1) is 0 Å². The molecule has 0 aliphatic rings. The highest BCUT2D eigenvalue weighted by Gasteiger charge is 2.00. The highest BCUT2D eigenvalue weighted by Crippen LogP contribution is 2.05. The van der Waals surface area contributed by atoms with Crippen LogP contribution < -0.4 is 0 Å². The first kappa shape index (κ1) is 7.29. The number of hydrogen-bond donors (Lipinski definition) is 0. The molecule has 52 valence electrons. The Bertz CT molecular complexity index is 271. The molecule has 1 aromatic heterocycles. The monoisotopic (exact) mass is 199 g/mol. The summed E-state index contributed by atoms with van der Waals surface area (Å²) in [6.07, 6.45) is 0. The topological polar surface area (TPSA) is 41.6 Å². The van der Waals surface area contributed by atoms with Gasteiger partial charge < -0.3 is 0 Å². The number of aryl methyl sites for hydroxylation is 1. The Morgan fingerprint density at radius 3 is 2.90 bits per heavy atom. The molecule has 4 heteroatoms. The predicted molar refractivity (Wildman–Crippen MR) is 40.6 cm³/mol. The lowest BCUT2D eigenvalue weighted by molar-refractivity contribution is 0.734. The maximum Gasteiger partial charge on any atom is 0.162 e. The fourth-order valence-electron chi connectivity index (χ4n) is 0.686. The number of rotatable bonds is 1. The summed E-state index contributed by atoms with van der Waals surface area (Å²) >= 11 is 3.28. The van der Waals surface area contributed by atoms with Crippen LogP contribution in [0.25, 0.3) is 0 Å². The van der Waals surface area contributed by atoms with Gasteiger partial charge in [-0.2, -0.15) is 10.4 Å². The van der Waals surface area contributed by atoms with E-state index in [0.717, 1.165) is 11.0 Å². The second-order valence-corrected chi connectivity index (χ2v) is 2.45. The number of aromatic nitrogens is 2. The molecule has 0 saturated carbocycles. The van der Waals surface area contributed by atoms with Gasteiger partial charge in [0.2, 0.25) is 0 Å². The second-order valence-electron chi connectivity index (χ2n) is 1.89. The fraction of sp³-hybridized carbons (Fsp3) is 0.333. The summed E-state index contributed by atoms with van der Waals surface area (Å²) in [6, 6.07) is 3.73. The van der Waals surface area contributed by atoms with E-state index in [0.29, 0.717) is 5.69 Å². The first-order valence-electron chi connectivity index (χ1n) is 2.77. The van der Waals surface area contributed by atoms with Crippen molar-refractivity contribution in [2.24, 2.45) is 7.05 Å². The third-order valence-corrected chi connectivity index (χ3v) is 1.80. The van der Waals surface area contributed by atoms with Crippen molar-refractivity contribution in [2.45, 2.75) is 5.33 Å². The zero-order valence-corrected chi connectivity index (χ0v) is 7.09. The smallest absolute Gasteiger partial charge is 0.162 e. The second kappa shape index (κ2) is 2.84. The van der Waals surface area contributed by atoms with E-state index in [1.54, 1.807) is 10.7 Å². The molecule has 0 aromatic carbocycles. The van der Waals surface area contributed by atoms with E-state index in [1.807, 2.05) is 13.1 Å². The van der Waals surface area contributed by atoms with Crippen LogP contribution in [0.3, 0.4) is 0 Å². The molecule has 1 heterocycles. The van der Waals surface area contributed by atoms with Crippen molar-refractivity contribution in [3.05, 3.63) is 17.5 Å². The van der Waals surface area contributed by atoms with Crippen molar-refractivity contribution in [1.29, 1.82) is 5.26 Å². The van der Waals surface area contributed by atoms with Gasteiger partial charge in [0.15, 0.2) is 5.69 Å². The van der Waals surface area contributed by atoms with E-state index in [9.17, 15) is 0 Å². The van der Waals surface area contributed by atoms with E-state index in [4.69, 9.17) is 5.26 Å². The molecule has 1 rings (SSSR count). The molecule has 1 aromatic rings. The maximum atomic E-state index is 8.43. The molecule has 0 N–H and O–H groups in total. The summed E-state index contributed by atoms with van der Waals surface area (Å²) < 4.78 is 1.69. The molecule has 0 spiro atoms. The molecule has 0 amide bonds. The van der Waals surface area contributed by atoms with Gasteiger partial charge in [-0.15, -0.1) is 0 Å². The molecular formula is C6H6BrN3. The minimum absolute atomic E-state index is 0.469. The third kappa shape index (κ3) is 1.19. The highest BCUT2D eigenvalue weighted by atomic mass is 79.9. The van der Waals surface area contributed by atoms with Crippen LogP contribution >= 0.6 is 15.9 Å². The van der Waals surface area contributed by atoms with Crippen molar-refractivity contribution in [3.8, 4) is 6.07 Å². The van der Waals surface area contributed by atoms with Crippen LogP contribution in [-0.4, -0.2) is 9.78 Å². The van der Waals surface area contributed by atoms with Crippen LogP contribution in [0.15, 0.2) is 6.07 Å². The normalized spacial score (nSPS) is 9.30. The van der Waals surface area contributed by atoms with Crippen LogP contribution in [-0.2, 0) is 12.4 Å². The highest BCUT2D eigenvalue weighted by molar-refractivity contribution is 9.08. The van der Waals surface area contributed by atoms with Gasteiger partial charge in [-0.25, -0.2) is 0 Å². The summed E-state index contributed by atoms with van der Waals surface area (Å²) in [5, 5.41) is 13.1. The predicted octanol–water partition coefficient (Wildman–Crippen LogP) is 1.19. The first-order chi connectivity index (χ1) is 4.77. The van der Waals surface area contributed by atoms with E-state index >= 15 is 0 Å². The average Bonchev–Trinajstić information content (AvgIpc) is 2.30. The average molecular weight is 200 g/mol. The molecular weight excluding hydrogens is 194 g/mol. The van der Waals surface area contributed by atoms with E-state index in [-0.39, 0.29) is 0 Å². The summed E-state index contributed by atoms with van der Waals surface area (Å²) in [7, 11) is 1.82. The van der Waals surface area contributed by atoms with Crippen LogP contribution in [0.4, 0.5) is 0 Å². The largest absolute Gasteiger partial charge is 0.270 e. The number of nitriles is 1. The van der Waals surface area contributed by atoms with Crippen molar-refractivity contribution in [1.82, 2.24) is 9.78 Å². The number of halogens is 1. The van der Waals surface area contributed by atoms with Gasteiger partial charge in [0.1, 0.15) is 6.07 Å². The molecule has 0 bridgehead atoms. The van der Waals surface area contributed by atoms with Crippen molar-refractivity contribution in [3.63, 3.8) is 0 Å². The third-order valence-electron chi connectivity index (χ3n) is 1.23. The lowest BCUT2D eigenvalue weighted by Crippen LogP contribution is -1.94. The number of hydrogen-bond acceptors (Lipinski definition) is 2. The van der Waals surface area contributed by atoms with E-state index in [2.05, 4.69) is 21.0 Å². The Hall–Kier alpha value is -0.820. The maximum absolute atomic E-state index is 8.43. The standard InChI is InChI=1S/C6H6BrN3/c1-10-6(3-7)2-5(4-8)9-10/h2H,3H2,1H3. The minimum Gasteiger partial charge on any atom is -0.270 e. The summed E-state index contributed by atoms with van der Waals surface area (Å²) in [4.78, 5) is 0. The molecule has 0 aliphatic heterocycles. The van der Waals surface area contributed by atoms with Crippen molar-refractivity contribution in [2.75, 3.05) is 0 Å². The Labute approximate surface area is 67.4 Å². The Morgan fingerprint density at radius 1 is 1.90 bits per heavy atom. The van der Waals surface area contributed by atoms with Gasteiger partial charge in [0.25, 0.3) is 0 Å². The van der Waals surface area contributed by atoms with Gasteiger partial charge >= 0.3 is 0 Å². The summed E-state index contributed by atoms with van der Waals surface area (Å²) in [5.41, 5.74) is 1.48. The van der Waals surface area contributed by atoms with Gasteiger partial charge in [-0.1, -0.05) is 15.9 Å². The van der Waals surface area contributed by atoms with E-state index < -0.39 is 0 Å². The van der Waals surface area contributed by atoms with Gasteiger partial charge in [0, 0.05) is 18.1 Å². The summed E-state index contributed by atoms with van der Waals surface area (Å²) in [5.74, 6) is 0. The van der Waals surface area contributed by atoms with Gasteiger partial charge in [-0.3, -0.25) is 4.68 Å². The molecule has 10 heavy (non-hydrogen) atoms. The molecule has 0 saturated heterocycles. The van der Waals surface area contributed by atoms with Crippen LogP contribution in [0.2, 0.25) is 0 Å². The SMILES string of the molecule is Cn1nc(C#N)cc1CBr. The zero-order valence-electron chi connectivity index (χ0n) is 5.50. The fourth-order valence-corrected chi connectivity index (χ4v) is 1.21. The van der Waals surface area contributed by atoms with Crippen LogP contribution in [0, 0.1) is 11.3 Å². The zero-order chi connectivity index (χ0) is 7.56. The van der Waals surface area contributed by atoms with Crippen molar-refractivity contribution >= 4 is 15.9 Å². The molecule has 0 unspecified atom stereocenters. The number of alkyl halides is 1. The summed E-state index contributed by atoms with van der Waals surface area (Å²) in [6.45, 7) is 0. The molecule has 0 atom stereocenters. The van der Waals surface area contributed by atoms with Crippen LogP contribution in [0.5, 0.6) is 0 Å². The lowest BCUT2D eigenvalue weighted by atomic mass is 10.4. The Balaban J connectivity index is 3.07. The van der Waals surface area contributed by atoms with E-state index in [1.165, 1.54) is 0 Å². The lowest BCUT2D eigenvalue weighted by Gasteiger charge is -1.91. The quantitative estimate of drug-likeness (QED) is 0.638. The minimum atomic E-state index is 0.469. The molecule has 3 nitrogen and oxygen atoms in total. The molecule has 0 radical (unpaired) electrons. The van der Waals surface area contributed by atoms with Crippen LogP contribution in [0.1, 0.15) is 11.4 Å². The molecule has 0 aliphatic carbocycles. The Kier molecular flexibility index (Phi) is 2.07. The molecule has 0 fully saturated rings. The number of nitrogens with zero attached hydrogens (tertiary/aromatic N) is 3.